The molecular weight excluding hydrogens is 308 g/mol. The van der Waals surface area contributed by atoms with Gasteiger partial charge in [0.05, 0.1) is 0 Å². The summed E-state index contributed by atoms with van der Waals surface area (Å²) in [5.41, 5.74) is 1.47. The van der Waals surface area contributed by atoms with Crippen molar-refractivity contribution in [2.24, 2.45) is 0 Å². The van der Waals surface area contributed by atoms with E-state index in [1.165, 1.54) is 0 Å². The molecule has 120 valence electrons. The highest BCUT2D eigenvalue weighted by molar-refractivity contribution is 5.96. The molecule has 24 heavy (non-hydrogen) atoms. The van der Waals surface area contributed by atoms with Crippen LogP contribution >= 0.6 is 0 Å². The molecular formula is C18H14N2O4. The van der Waals surface area contributed by atoms with Crippen molar-refractivity contribution in [3.05, 3.63) is 60.0 Å². The number of ketones is 1. The van der Waals surface area contributed by atoms with Gasteiger partial charge in [-0.1, -0.05) is 35.5 Å². The van der Waals surface area contributed by atoms with Gasteiger partial charge in [0.15, 0.2) is 17.3 Å². The minimum Gasteiger partial charge on any atom is -0.454 e. The van der Waals surface area contributed by atoms with Crippen molar-refractivity contribution in [1.29, 1.82) is 0 Å². The van der Waals surface area contributed by atoms with E-state index in [0.29, 0.717) is 41.6 Å². The van der Waals surface area contributed by atoms with E-state index in [1.807, 2.05) is 36.4 Å². The number of hydrogen-bond donors (Lipinski definition) is 0. The largest absolute Gasteiger partial charge is 0.454 e. The molecule has 0 saturated carbocycles. The molecule has 0 unspecified atom stereocenters. The van der Waals surface area contributed by atoms with Gasteiger partial charge in [-0.05, 0) is 18.2 Å². The Labute approximate surface area is 138 Å². The molecule has 3 aromatic rings. The third kappa shape index (κ3) is 2.86. The summed E-state index contributed by atoms with van der Waals surface area (Å²) in [6.07, 6.45) is 0.734. The quantitative estimate of drug-likeness (QED) is 0.671. The topological polar surface area (TPSA) is 74.5 Å². The van der Waals surface area contributed by atoms with Crippen molar-refractivity contribution in [1.82, 2.24) is 10.1 Å². The van der Waals surface area contributed by atoms with Crippen LogP contribution in [0.2, 0.25) is 0 Å². The molecule has 0 saturated heterocycles. The van der Waals surface area contributed by atoms with Crippen LogP contribution in [0.5, 0.6) is 11.5 Å². The van der Waals surface area contributed by atoms with Gasteiger partial charge in [0.2, 0.25) is 18.5 Å². The number of aryl methyl sites for hydroxylation is 1. The van der Waals surface area contributed by atoms with Crippen molar-refractivity contribution in [2.75, 3.05) is 6.79 Å². The van der Waals surface area contributed by atoms with Crippen LogP contribution in [0.25, 0.3) is 11.4 Å². The standard InChI is InChI=1S/C18H14N2O4/c21-14(12-4-2-1-3-5-12)7-9-17-19-18(20-24-17)13-6-8-15-16(10-13)23-11-22-15/h1-6,8,10H,7,9,11H2. The van der Waals surface area contributed by atoms with Crippen LogP contribution in [0.15, 0.2) is 53.1 Å². The van der Waals surface area contributed by atoms with E-state index in [2.05, 4.69) is 10.1 Å². The maximum Gasteiger partial charge on any atom is 0.231 e. The van der Waals surface area contributed by atoms with Crippen molar-refractivity contribution >= 4 is 5.78 Å². The summed E-state index contributed by atoms with van der Waals surface area (Å²) in [6.45, 7) is 0.220. The van der Waals surface area contributed by atoms with E-state index < -0.39 is 0 Å². The van der Waals surface area contributed by atoms with Crippen LogP contribution < -0.4 is 9.47 Å². The molecule has 1 aliphatic heterocycles. The number of hydrogen-bond acceptors (Lipinski definition) is 6. The Morgan fingerprint density at radius 1 is 1.04 bits per heavy atom. The second kappa shape index (κ2) is 6.16. The lowest BCUT2D eigenvalue weighted by molar-refractivity contribution is 0.0979. The molecule has 0 spiro atoms. The predicted molar refractivity (Wildman–Crippen MR) is 85.0 cm³/mol. The monoisotopic (exact) mass is 322 g/mol. The number of Topliss-reactive ketones (excluding diaryl/α,β-unsaturated/α-hetero) is 1. The van der Waals surface area contributed by atoms with Gasteiger partial charge in [0.1, 0.15) is 0 Å². The number of carbonyl (C=O) groups excluding carboxylic acids is 1. The first-order valence-corrected chi connectivity index (χ1v) is 7.60. The smallest absolute Gasteiger partial charge is 0.231 e. The molecule has 2 aromatic carbocycles. The molecule has 6 nitrogen and oxygen atoms in total. The molecule has 0 bridgehead atoms. The number of ether oxygens (including phenoxy) is 2. The number of fused-ring (bicyclic) bond motifs is 1. The van der Waals surface area contributed by atoms with Crippen LogP contribution in [0.3, 0.4) is 0 Å². The average molecular weight is 322 g/mol. The lowest BCUT2D eigenvalue weighted by Crippen LogP contribution is -2.01. The number of nitrogens with zero attached hydrogens (tertiary/aromatic N) is 2. The highest BCUT2D eigenvalue weighted by Crippen LogP contribution is 2.35. The van der Waals surface area contributed by atoms with Crippen molar-refractivity contribution in [3.63, 3.8) is 0 Å². The Morgan fingerprint density at radius 3 is 2.75 bits per heavy atom. The highest BCUT2D eigenvalue weighted by atomic mass is 16.7. The van der Waals surface area contributed by atoms with E-state index in [9.17, 15) is 4.79 Å². The molecule has 0 radical (unpaired) electrons. The maximum absolute atomic E-state index is 12.1. The van der Waals surface area contributed by atoms with Crippen LogP contribution in [0.4, 0.5) is 0 Å². The van der Waals surface area contributed by atoms with Gasteiger partial charge in [-0.3, -0.25) is 4.79 Å². The Kier molecular flexibility index (Phi) is 3.70. The third-order valence-corrected chi connectivity index (χ3v) is 3.76. The molecule has 6 heteroatoms. The molecule has 1 aliphatic rings. The fourth-order valence-electron chi connectivity index (χ4n) is 2.50. The summed E-state index contributed by atoms with van der Waals surface area (Å²) < 4.78 is 15.9. The lowest BCUT2D eigenvalue weighted by atomic mass is 10.1. The van der Waals surface area contributed by atoms with E-state index >= 15 is 0 Å². The minimum absolute atomic E-state index is 0.0541. The van der Waals surface area contributed by atoms with Crippen molar-refractivity contribution in [2.45, 2.75) is 12.8 Å². The summed E-state index contributed by atoms with van der Waals surface area (Å²) in [7, 11) is 0. The third-order valence-electron chi connectivity index (χ3n) is 3.76. The number of rotatable bonds is 5. The Balaban J connectivity index is 1.44. The van der Waals surface area contributed by atoms with Gasteiger partial charge in [0.25, 0.3) is 0 Å². The fourth-order valence-corrected chi connectivity index (χ4v) is 2.50. The number of carbonyl (C=O) groups is 1. The van der Waals surface area contributed by atoms with E-state index in [-0.39, 0.29) is 12.6 Å². The van der Waals surface area contributed by atoms with E-state index in [4.69, 9.17) is 14.0 Å². The van der Waals surface area contributed by atoms with Crippen LogP contribution in [0.1, 0.15) is 22.7 Å². The zero-order chi connectivity index (χ0) is 16.4. The summed E-state index contributed by atoms with van der Waals surface area (Å²) in [5.74, 6) is 2.33. The Morgan fingerprint density at radius 2 is 1.88 bits per heavy atom. The number of benzene rings is 2. The van der Waals surface area contributed by atoms with E-state index in [0.717, 1.165) is 5.56 Å². The number of aromatic nitrogens is 2. The summed E-state index contributed by atoms with van der Waals surface area (Å²) in [4.78, 5) is 16.4. The molecule has 2 heterocycles. The zero-order valence-electron chi connectivity index (χ0n) is 12.8. The second-order valence-electron chi connectivity index (χ2n) is 5.37. The molecule has 0 amide bonds. The molecule has 0 fully saturated rings. The van der Waals surface area contributed by atoms with Gasteiger partial charge in [0, 0.05) is 24.0 Å². The predicted octanol–water partition coefficient (Wildman–Crippen LogP) is 3.28. The molecule has 0 N–H and O–H groups in total. The Bertz CT molecular complexity index is 874. The first kappa shape index (κ1) is 14.4. The minimum atomic E-state index is 0.0541. The second-order valence-corrected chi connectivity index (χ2v) is 5.37. The fraction of sp³-hybridized carbons (Fsp3) is 0.167. The highest BCUT2D eigenvalue weighted by Gasteiger charge is 2.17. The van der Waals surface area contributed by atoms with E-state index in [1.54, 1.807) is 12.1 Å². The first-order valence-electron chi connectivity index (χ1n) is 7.60. The van der Waals surface area contributed by atoms with Gasteiger partial charge < -0.3 is 14.0 Å². The summed E-state index contributed by atoms with van der Waals surface area (Å²) in [5, 5.41) is 3.97. The summed E-state index contributed by atoms with van der Waals surface area (Å²) >= 11 is 0. The van der Waals surface area contributed by atoms with Crippen LogP contribution in [-0.4, -0.2) is 22.7 Å². The molecule has 0 aliphatic carbocycles. The lowest BCUT2D eigenvalue weighted by Gasteiger charge is -1.98. The molecule has 0 atom stereocenters. The first-order chi connectivity index (χ1) is 11.8. The SMILES string of the molecule is O=C(CCc1nc(-c2ccc3c(c2)OCO3)no1)c1ccccc1. The maximum atomic E-state index is 12.1. The van der Waals surface area contributed by atoms with Crippen LogP contribution in [-0.2, 0) is 6.42 Å². The van der Waals surface area contributed by atoms with Gasteiger partial charge in [-0.15, -0.1) is 0 Å². The summed E-state index contributed by atoms with van der Waals surface area (Å²) in [6, 6.07) is 14.6. The molecule has 1 aromatic heterocycles. The van der Waals surface area contributed by atoms with Gasteiger partial charge >= 0.3 is 0 Å². The van der Waals surface area contributed by atoms with Crippen LogP contribution in [0, 0.1) is 0 Å². The van der Waals surface area contributed by atoms with Gasteiger partial charge in [-0.25, -0.2) is 0 Å². The van der Waals surface area contributed by atoms with Crippen molar-refractivity contribution in [3.8, 4) is 22.9 Å². The Hall–Kier alpha value is -3.15. The van der Waals surface area contributed by atoms with Crippen molar-refractivity contribution < 1.29 is 18.8 Å². The zero-order valence-corrected chi connectivity index (χ0v) is 12.8. The molecule has 4 rings (SSSR count). The van der Waals surface area contributed by atoms with Gasteiger partial charge in [-0.2, -0.15) is 4.98 Å². The average Bonchev–Trinajstić information content (AvgIpc) is 3.29. The normalized spacial score (nSPS) is 12.3.